The molecule has 1 aromatic rings. The first kappa shape index (κ1) is 15.3. The highest BCUT2D eigenvalue weighted by atomic mass is 16.6. The van der Waals surface area contributed by atoms with E-state index in [-0.39, 0.29) is 23.1 Å². The van der Waals surface area contributed by atoms with Crippen molar-refractivity contribution < 1.29 is 14.8 Å². The Bertz CT molecular complexity index is 544. The number of carboxylic acids is 1. The minimum atomic E-state index is -0.820. The predicted molar refractivity (Wildman–Crippen MR) is 79.7 cm³/mol. The molecule has 1 aromatic carbocycles. The molecule has 0 aromatic heterocycles. The molecule has 1 unspecified atom stereocenters. The molecule has 0 spiro atoms. The van der Waals surface area contributed by atoms with E-state index in [1.54, 1.807) is 6.07 Å². The van der Waals surface area contributed by atoms with Crippen LogP contribution < -0.4 is 4.90 Å². The first-order valence-corrected chi connectivity index (χ1v) is 7.22. The number of nitrogens with zero attached hydrogens (tertiary/aromatic N) is 2. The average Bonchev–Trinajstić information content (AvgIpc) is 2.45. The van der Waals surface area contributed by atoms with Crippen molar-refractivity contribution in [2.75, 3.05) is 11.4 Å². The molecular formula is C15H20N2O4. The highest BCUT2D eigenvalue weighted by Crippen LogP contribution is 2.34. The van der Waals surface area contributed by atoms with Gasteiger partial charge < -0.3 is 10.0 Å². The highest BCUT2D eigenvalue weighted by Gasteiger charge is 2.28. The fraction of sp³-hybridized carbons (Fsp3) is 0.533. The molecule has 1 aliphatic heterocycles. The van der Waals surface area contributed by atoms with Crippen molar-refractivity contribution in [1.29, 1.82) is 0 Å². The lowest BCUT2D eigenvalue weighted by Crippen LogP contribution is -2.40. The smallest absolute Gasteiger partial charge is 0.303 e. The van der Waals surface area contributed by atoms with Gasteiger partial charge in [0, 0.05) is 25.1 Å². The molecule has 0 aliphatic carbocycles. The summed E-state index contributed by atoms with van der Waals surface area (Å²) < 4.78 is 0. The number of nitro groups is 1. The van der Waals surface area contributed by atoms with Crippen LogP contribution in [0.2, 0.25) is 0 Å². The molecule has 1 heterocycles. The Morgan fingerprint density at radius 1 is 1.48 bits per heavy atom. The van der Waals surface area contributed by atoms with Gasteiger partial charge in [0.1, 0.15) is 5.69 Å². The SMILES string of the molecule is Cc1ccc([N+](=O)[O-])c(N2CCCCC2CCC(=O)O)c1. The molecule has 6 nitrogen and oxygen atoms in total. The summed E-state index contributed by atoms with van der Waals surface area (Å²) in [4.78, 5) is 23.7. The second-order valence-electron chi connectivity index (χ2n) is 5.52. The number of piperidine rings is 1. The second-order valence-corrected chi connectivity index (χ2v) is 5.52. The fourth-order valence-corrected chi connectivity index (χ4v) is 2.93. The molecule has 114 valence electrons. The number of aliphatic carboxylic acids is 1. The molecular weight excluding hydrogens is 272 g/mol. The number of hydrogen-bond donors (Lipinski definition) is 1. The highest BCUT2D eigenvalue weighted by molar-refractivity contribution is 5.68. The maximum Gasteiger partial charge on any atom is 0.303 e. The zero-order valence-electron chi connectivity index (χ0n) is 12.1. The van der Waals surface area contributed by atoms with Crippen LogP contribution in [0.1, 0.15) is 37.7 Å². The van der Waals surface area contributed by atoms with E-state index in [0.717, 1.165) is 31.4 Å². The summed E-state index contributed by atoms with van der Waals surface area (Å²) in [6.07, 6.45) is 3.54. The molecule has 1 atom stereocenters. The quantitative estimate of drug-likeness (QED) is 0.666. The third kappa shape index (κ3) is 3.71. The number of carboxylic acid groups (broad SMARTS) is 1. The molecule has 1 aliphatic rings. The summed E-state index contributed by atoms with van der Waals surface area (Å²) in [7, 11) is 0. The van der Waals surface area contributed by atoms with Crippen molar-refractivity contribution in [1.82, 2.24) is 0 Å². The maximum atomic E-state index is 11.2. The number of nitro benzene ring substituents is 1. The molecule has 1 fully saturated rings. The van der Waals surface area contributed by atoms with Gasteiger partial charge in [-0.05, 0) is 44.2 Å². The number of anilines is 1. The van der Waals surface area contributed by atoms with Gasteiger partial charge in [-0.1, -0.05) is 6.07 Å². The summed E-state index contributed by atoms with van der Waals surface area (Å²) in [5.74, 6) is -0.820. The molecule has 0 radical (unpaired) electrons. The topological polar surface area (TPSA) is 83.7 Å². The van der Waals surface area contributed by atoms with Crippen molar-refractivity contribution in [3.63, 3.8) is 0 Å². The Balaban J connectivity index is 2.30. The van der Waals surface area contributed by atoms with Crippen LogP contribution in [0.4, 0.5) is 11.4 Å². The van der Waals surface area contributed by atoms with Crippen LogP contribution in [-0.2, 0) is 4.79 Å². The third-order valence-electron chi connectivity index (χ3n) is 3.96. The van der Waals surface area contributed by atoms with Crippen LogP contribution in [-0.4, -0.2) is 28.6 Å². The maximum absolute atomic E-state index is 11.2. The average molecular weight is 292 g/mol. The third-order valence-corrected chi connectivity index (χ3v) is 3.96. The first-order chi connectivity index (χ1) is 9.99. The molecule has 21 heavy (non-hydrogen) atoms. The van der Waals surface area contributed by atoms with Gasteiger partial charge in [0.2, 0.25) is 0 Å². The van der Waals surface area contributed by atoms with E-state index in [4.69, 9.17) is 5.11 Å². The number of aryl methyl sites for hydroxylation is 1. The van der Waals surface area contributed by atoms with Crippen LogP contribution in [0, 0.1) is 17.0 Å². The van der Waals surface area contributed by atoms with Crippen molar-refractivity contribution in [3.05, 3.63) is 33.9 Å². The number of carbonyl (C=O) groups is 1. The van der Waals surface area contributed by atoms with Crippen LogP contribution >= 0.6 is 0 Å². The summed E-state index contributed by atoms with van der Waals surface area (Å²) in [6, 6.07) is 5.16. The molecule has 2 rings (SSSR count). The minimum absolute atomic E-state index is 0.0651. The Hall–Kier alpha value is -2.11. The van der Waals surface area contributed by atoms with E-state index >= 15 is 0 Å². The molecule has 1 N–H and O–H groups in total. The zero-order valence-corrected chi connectivity index (χ0v) is 12.1. The lowest BCUT2D eigenvalue weighted by molar-refractivity contribution is -0.384. The molecule has 0 amide bonds. The number of hydrogen-bond acceptors (Lipinski definition) is 4. The monoisotopic (exact) mass is 292 g/mol. The van der Waals surface area contributed by atoms with Gasteiger partial charge in [-0.3, -0.25) is 14.9 Å². The van der Waals surface area contributed by atoms with E-state index < -0.39 is 5.97 Å². The molecule has 1 saturated heterocycles. The minimum Gasteiger partial charge on any atom is -0.481 e. The van der Waals surface area contributed by atoms with E-state index in [2.05, 4.69) is 0 Å². The van der Waals surface area contributed by atoms with Gasteiger partial charge in [-0.15, -0.1) is 0 Å². The van der Waals surface area contributed by atoms with E-state index in [1.165, 1.54) is 6.07 Å². The van der Waals surface area contributed by atoms with Crippen LogP contribution in [0.5, 0.6) is 0 Å². The van der Waals surface area contributed by atoms with Gasteiger partial charge in [0.15, 0.2) is 0 Å². The largest absolute Gasteiger partial charge is 0.481 e. The van der Waals surface area contributed by atoms with E-state index in [9.17, 15) is 14.9 Å². The van der Waals surface area contributed by atoms with Crippen LogP contribution in [0.15, 0.2) is 18.2 Å². The molecule has 0 bridgehead atoms. The molecule has 0 saturated carbocycles. The molecule has 6 heteroatoms. The Morgan fingerprint density at radius 3 is 2.90 bits per heavy atom. The number of benzene rings is 1. The van der Waals surface area contributed by atoms with Crippen molar-refractivity contribution in [2.45, 2.75) is 45.1 Å². The van der Waals surface area contributed by atoms with Crippen molar-refractivity contribution in [3.8, 4) is 0 Å². The van der Waals surface area contributed by atoms with Gasteiger partial charge in [-0.2, -0.15) is 0 Å². The summed E-state index contributed by atoms with van der Waals surface area (Å²) >= 11 is 0. The van der Waals surface area contributed by atoms with Crippen molar-refractivity contribution in [2.24, 2.45) is 0 Å². The van der Waals surface area contributed by atoms with Gasteiger partial charge in [0.25, 0.3) is 5.69 Å². The van der Waals surface area contributed by atoms with E-state index in [0.29, 0.717) is 12.1 Å². The van der Waals surface area contributed by atoms with Gasteiger partial charge >= 0.3 is 5.97 Å². The fourth-order valence-electron chi connectivity index (χ4n) is 2.93. The van der Waals surface area contributed by atoms with Gasteiger partial charge in [-0.25, -0.2) is 0 Å². The summed E-state index contributed by atoms with van der Waals surface area (Å²) in [5, 5.41) is 20.1. The summed E-state index contributed by atoms with van der Waals surface area (Å²) in [6.45, 7) is 2.65. The Kier molecular flexibility index (Phi) is 4.77. The van der Waals surface area contributed by atoms with Crippen LogP contribution in [0.3, 0.4) is 0 Å². The second kappa shape index (κ2) is 6.56. The lowest BCUT2D eigenvalue weighted by Gasteiger charge is -2.37. The number of rotatable bonds is 5. The predicted octanol–water partition coefficient (Wildman–Crippen LogP) is 3.13. The normalized spacial score (nSPS) is 18.5. The van der Waals surface area contributed by atoms with E-state index in [1.807, 2.05) is 17.9 Å². The van der Waals surface area contributed by atoms with Gasteiger partial charge in [0.05, 0.1) is 4.92 Å². The standard InChI is InChI=1S/C15H20N2O4/c1-11-5-7-13(17(20)21)14(10-11)16-9-3-2-4-12(16)6-8-15(18)19/h5,7,10,12H,2-4,6,8-9H2,1H3,(H,18,19). The Morgan fingerprint density at radius 2 is 2.24 bits per heavy atom. The Labute approximate surface area is 123 Å². The van der Waals surface area contributed by atoms with Crippen LogP contribution in [0.25, 0.3) is 0 Å². The lowest BCUT2D eigenvalue weighted by atomic mass is 9.96. The zero-order chi connectivity index (χ0) is 15.4. The first-order valence-electron chi connectivity index (χ1n) is 7.22. The van der Waals surface area contributed by atoms with Crippen molar-refractivity contribution >= 4 is 17.3 Å². The summed E-state index contributed by atoms with van der Waals surface area (Å²) in [5.41, 5.74) is 1.69.